The normalized spacial score (nSPS) is 9.72. The Morgan fingerprint density at radius 3 is 2.67 bits per heavy atom. The molecule has 1 N–H and O–H groups in total. The first-order chi connectivity index (χ1) is 8.52. The van der Waals surface area contributed by atoms with Gasteiger partial charge in [-0.3, -0.25) is 0 Å². The molecule has 0 amide bonds. The lowest BCUT2D eigenvalue weighted by Gasteiger charge is -2.02. The minimum Gasteiger partial charge on any atom is -0.460 e. The van der Waals surface area contributed by atoms with Crippen molar-refractivity contribution in [2.24, 2.45) is 0 Å². The van der Waals surface area contributed by atoms with Gasteiger partial charge >= 0.3 is 5.97 Å². The molecule has 0 aliphatic carbocycles. The van der Waals surface area contributed by atoms with Gasteiger partial charge in [-0.15, -0.1) is 11.3 Å². The molecule has 0 spiro atoms. The van der Waals surface area contributed by atoms with E-state index < -0.39 is 0 Å². The number of carbonyl (C=O) groups excluding carboxylic acids is 1. The van der Waals surface area contributed by atoms with Crippen molar-refractivity contribution in [2.45, 2.75) is 20.0 Å². The summed E-state index contributed by atoms with van der Waals surface area (Å²) in [7, 11) is 0. The molecule has 1 aromatic heterocycles. The summed E-state index contributed by atoms with van der Waals surface area (Å²) in [6.07, 6.45) is 1.11. The van der Waals surface area contributed by atoms with Crippen LogP contribution in [0, 0.1) is 3.95 Å². The SMILES string of the molecule is C=CC(=O)OC(C)C.S=c1[nH]c2ccccc2s1. The fourth-order valence-electron chi connectivity index (χ4n) is 1.17. The predicted octanol–water partition coefficient (Wildman–Crippen LogP) is 4.08. The molecule has 18 heavy (non-hydrogen) atoms. The maximum absolute atomic E-state index is 10.3. The van der Waals surface area contributed by atoms with Crippen molar-refractivity contribution in [3.8, 4) is 0 Å². The molecule has 0 atom stereocenters. The molecule has 2 aromatic rings. The van der Waals surface area contributed by atoms with Gasteiger partial charge in [0.2, 0.25) is 0 Å². The Morgan fingerprint density at radius 2 is 2.17 bits per heavy atom. The zero-order valence-electron chi connectivity index (χ0n) is 10.3. The molecule has 0 fully saturated rings. The molecule has 0 saturated heterocycles. The Balaban J connectivity index is 0.000000187. The van der Waals surface area contributed by atoms with Crippen molar-refractivity contribution in [3.63, 3.8) is 0 Å². The topological polar surface area (TPSA) is 42.1 Å². The number of para-hydroxylation sites is 1. The largest absolute Gasteiger partial charge is 0.460 e. The van der Waals surface area contributed by atoms with Gasteiger partial charge in [-0.1, -0.05) is 18.7 Å². The molecule has 96 valence electrons. The number of nitrogens with one attached hydrogen (secondary N) is 1. The zero-order chi connectivity index (χ0) is 13.5. The number of benzene rings is 1. The van der Waals surface area contributed by atoms with Crippen LogP contribution in [0.3, 0.4) is 0 Å². The van der Waals surface area contributed by atoms with Gasteiger partial charge in [0.25, 0.3) is 0 Å². The second-order valence-electron chi connectivity index (χ2n) is 3.70. The van der Waals surface area contributed by atoms with E-state index in [2.05, 4.69) is 22.4 Å². The Morgan fingerprint density at radius 1 is 1.50 bits per heavy atom. The fourth-order valence-corrected chi connectivity index (χ4v) is 2.29. The van der Waals surface area contributed by atoms with E-state index in [0.717, 1.165) is 15.5 Å². The first kappa shape index (κ1) is 14.6. The molecule has 2 rings (SSSR count). The number of fused-ring (bicyclic) bond motifs is 1. The average molecular weight is 281 g/mol. The van der Waals surface area contributed by atoms with Crippen LogP contribution in [0.1, 0.15) is 13.8 Å². The van der Waals surface area contributed by atoms with Crippen LogP contribution in [-0.4, -0.2) is 17.1 Å². The first-order valence-electron chi connectivity index (χ1n) is 5.44. The maximum atomic E-state index is 10.3. The number of ether oxygens (including phenoxy) is 1. The summed E-state index contributed by atoms with van der Waals surface area (Å²) in [5.74, 6) is -0.361. The van der Waals surface area contributed by atoms with Crippen LogP contribution in [0.25, 0.3) is 10.2 Å². The van der Waals surface area contributed by atoms with E-state index >= 15 is 0 Å². The Labute approximate surface area is 115 Å². The van der Waals surface area contributed by atoms with Gasteiger partial charge in [-0.25, -0.2) is 4.79 Å². The third-order valence-corrected chi connectivity index (χ3v) is 3.06. The summed E-state index contributed by atoms with van der Waals surface area (Å²) < 4.78 is 6.72. The zero-order valence-corrected chi connectivity index (χ0v) is 11.9. The van der Waals surface area contributed by atoms with E-state index in [0.29, 0.717) is 0 Å². The molecule has 0 radical (unpaired) electrons. The number of aromatic amines is 1. The van der Waals surface area contributed by atoms with Gasteiger partial charge in [0.1, 0.15) is 0 Å². The minimum absolute atomic E-state index is 0.0412. The van der Waals surface area contributed by atoms with Crippen molar-refractivity contribution < 1.29 is 9.53 Å². The molecular weight excluding hydrogens is 266 g/mol. The van der Waals surface area contributed by atoms with E-state index in [1.165, 1.54) is 4.70 Å². The van der Waals surface area contributed by atoms with Crippen LogP contribution in [0.5, 0.6) is 0 Å². The molecule has 0 bridgehead atoms. The van der Waals surface area contributed by atoms with E-state index in [9.17, 15) is 4.79 Å². The van der Waals surface area contributed by atoms with Crippen LogP contribution >= 0.6 is 23.6 Å². The van der Waals surface area contributed by atoms with Crippen molar-refractivity contribution in [2.75, 3.05) is 0 Å². The number of rotatable bonds is 2. The Bertz CT molecular complexity index is 548. The van der Waals surface area contributed by atoms with Crippen molar-refractivity contribution in [1.29, 1.82) is 0 Å². The number of H-pyrrole nitrogens is 1. The van der Waals surface area contributed by atoms with E-state index in [4.69, 9.17) is 12.2 Å². The number of carbonyl (C=O) groups is 1. The molecule has 3 nitrogen and oxygen atoms in total. The molecule has 0 aliphatic heterocycles. The first-order valence-corrected chi connectivity index (χ1v) is 6.66. The van der Waals surface area contributed by atoms with E-state index in [1.807, 2.05) is 18.2 Å². The second kappa shape index (κ2) is 7.08. The highest BCUT2D eigenvalue weighted by molar-refractivity contribution is 7.73. The van der Waals surface area contributed by atoms with Gasteiger partial charge < -0.3 is 9.72 Å². The van der Waals surface area contributed by atoms with E-state index in [-0.39, 0.29) is 12.1 Å². The molecule has 5 heteroatoms. The quantitative estimate of drug-likeness (QED) is 0.512. The summed E-state index contributed by atoms with van der Waals surface area (Å²) >= 11 is 6.59. The Kier molecular flexibility index (Phi) is 5.74. The maximum Gasteiger partial charge on any atom is 0.330 e. The second-order valence-corrected chi connectivity index (χ2v) is 5.42. The highest BCUT2D eigenvalue weighted by Crippen LogP contribution is 2.17. The smallest absolute Gasteiger partial charge is 0.330 e. The van der Waals surface area contributed by atoms with Crippen LogP contribution in [0.4, 0.5) is 0 Å². The van der Waals surface area contributed by atoms with Crippen LogP contribution in [-0.2, 0) is 9.53 Å². The van der Waals surface area contributed by atoms with Crippen LogP contribution in [0.2, 0.25) is 0 Å². The standard InChI is InChI=1S/C7H5NS2.C6H10O2/c9-7-8-5-3-1-2-4-6(5)10-7;1-4-6(7)8-5(2)3/h1-4H,(H,8,9);4-5H,1H2,2-3H3. The van der Waals surface area contributed by atoms with E-state index in [1.54, 1.807) is 25.2 Å². The molecule has 0 aliphatic rings. The number of aromatic nitrogens is 1. The third kappa shape index (κ3) is 4.81. The molecule has 0 unspecified atom stereocenters. The van der Waals surface area contributed by atoms with Crippen molar-refractivity contribution >= 4 is 39.7 Å². The predicted molar refractivity (Wildman–Crippen MR) is 78.4 cm³/mol. The Hall–Kier alpha value is -1.46. The van der Waals surface area contributed by atoms with Crippen molar-refractivity contribution in [1.82, 2.24) is 4.98 Å². The molecular formula is C13H15NO2S2. The van der Waals surface area contributed by atoms with Gasteiger partial charge in [0.15, 0.2) is 3.95 Å². The van der Waals surface area contributed by atoms with Crippen molar-refractivity contribution in [3.05, 3.63) is 40.9 Å². The summed E-state index contributed by atoms with van der Waals surface area (Å²) in [5, 5.41) is 0. The van der Waals surface area contributed by atoms with Crippen LogP contribution < -0.4 is 0 Å². The molecule has 1 aromatic carbocycles. The highest BCUT2D eigenvalue weighted by atomic mass is 32.1. The van der Waals surface area contributed by atoms with Gasteiger partial charge in [0, 0.05) is 6.08 Å². The monoisotopic (exact) mass is 281 g/mol. The summed E-state index contributed by atoms with van der Waals surface area (Å²) in [4.78, 5) is 13.4. The summed E-state index contributed by atoms with van der Waals surface area (Å²) in [6, 6.07) is 8.11. The van der Waals surface area contributed by atoms with Gasteiger partial charge in [-0.05, 0) is 38.2 Å². The lowest BCUT2D eigenvalue weighted by atomic mass is 10.3. The summed E-state index contributed by atoms with van der Waals surface area (Å²) in [5.41, 5.74) is 1.14. The van der Waals surface area contributed by atoms with Gasteiger partial charge in [0.05, 0.1) is 16.3 Å². The number of hydrogen-bond donors (Lipinski definition) is 1. The third-order valence-electron chi connectivity index (χ3n) is 1.84. The summed E-state index contributed by atoms with van der Waals surface area (Å²) in [6.45, 7) is 6.83. The van der Waals surface area contributed by atoms with Crippen LogP contribution in [0.15, 0.2) is 36.9 Å². The lowest BCUT2D eigenvalue weighted by Crippen LogP contribution is -2.07. The fraction of sp³-hybridized carbons (Fsp3) is 0.231. The van der Waals surface area contributed by atoms with Gasteiger partial charge in [-0.2, -0.15) is 0 Å². The number of esters is 1. The molecule has 1 heterocycles. The highest BCUT2D eigenvalue weighted by Gasteiger charge is 1.96. The minimum atomic E-state index is -0.361. The number of thiazole rings is 1. The lowest BCUT2D eigenvalue weighted by molar-refractivity contribution is -0.141. The molecule has 0 saturated carbocycles. The number of hydrogen-bond acceptors (Lipinski definition) is 4. The average Bonchev–Trinajstić information content (AvgIpc) is 2.68.